The molecule has 1 atom stereocenters. The first kappa shape index (κ1) is 18.2. The van der Waals surface area contributed by atoms with Crippen LogP contribution in [0, 0.1) is 11.2 Å². The number of rotatable bonds is 6. The summed E-state index contributed by atoms with van der Waals surface area (Å²) in [7, 11) is 0. The van der Waals surface area contributed by atoms with Gasteiger partial charge in [0.15, 0.2) is 0 Å². The average Bonchev–Trinajstić information content (AvgIpc) is 2.43. The lowest BCUT2D eigenvalue weighted by Crippen LogP contribution is -2.46. The van der Waals surface area contributed by atoms with Crippen molar-refractivity contribution in [3.63, 3.8) is 0 Å². The molecule has 0 aliphatic heterocycles. The monoisotopic (exact) mass is 308 g/mol. The van der Waals surface area contributed by atoms with E-state index < -0.39 is 0 Å². The van der Waals surface area contributed by atoms with Crippen LogP contribution in [0.25, 0.3) is 0 Å². The van der Waals surface area contributed by atoms with E-state index in [2.05, 4.69) is 11.9 Å². The first-order valence-corrected chi connectivity index (χ1v) is 7.32. The number of carbonyl (C=O) groups is 1. The number of urea groups is 1. The van der Waals surface area contributed by atoms with Crippen molar-refractivity contribution in [2.24, 2.45) is 5.41 Å². The number of nitrogens with one attached hydrogen (secondary N) is 1. The predicted molar refractivity (Wildman–Crippen MR) is 86.0 cm³/mol. The Kier molecular flexibility index (Phi) is 6.56. The number of benzene rings is 1. The molecule has 2 amide bonds. The van der Waals surface area contributed by atoms with Crippen LogP contribution in [0.1, 0.15) is 32.4 Å². The standard InChI is InChI=1S/C17H25FN2O2/c1-5-9-20(10-11-21)16(22)19-15(17(2,3)4)13-7-6-8-14(18)12-13/h5-8,12,15,21H,1,9-11H2,2-4H3,(H,19,22). The second-order valence-electron chi connectivity index (χ2n) is 6.26. The maximum absolute atomic E-state index is 13.5. The third kappa shape index (κ3) is 5.15. The Morgan fingerprint density at radius 3 is 2.68 bits per heavy atom. The smallest absolute Gasteiger partial charge is 0.318 e. The van der Waals surface area contributed by atoms with Crippen LogP contribution in [-0.4, -0.2) is 35.7 Å². The molecule has 122 valence electrons. The molecule has 0 heterocycles. The number of hydrogen-bond donors (Lipinski definition) is 2. The van der Waals surface area contributed by atoms with Crippen molar-refractivity contribution >= 4 is 6.03 Å². The highest BCUT2D eigenvalue weighted by Crippen LogP contribution is 2.33. The maximum Gasteiger partial charge on any atom is 0.318 e. The molecule has 0 aromatic heterocycles. The van der Waals surface area contributed by atoms with Crippen molar-refractivity contribution in [1.29, 1.82) is 0 Å². The Bertz CT molecular complexity index is 512. The van der Waals surface area contributed by atoms with Crippen LogP contribution in [0.15, 0.2) is 36.9 Å². The van der Waals surface area contributed by atoms with E-state index in [0.29, 0.717) is 12.1 Å². The van der Waals surface area contributed by atoms with Crippen LogP contribution in [-0.2, 0) is 0 Å². The molecule has 1 rings (SSSR count). The minimum absolute atomic E-state index is 0.124. The SMILES string of the molecule is C=CCN(CCO)C(=O)NC(c1cccc(F)c1)C(C)(C)C. The molecule has 22 heavy (non-hydrogen) atoms. The van der Waals surface area contributed by atoms with E-state index in [4.69, 9.17) is 5.11 Å². The van der Waals surface area contributed by atoms with Gasteiger partial charge in [-0.2, -0.15) is 0 Å². The summed E-state index contributed by atoms with van der Waals surface area (Å²) in [5, 5.41) is 12.0. The summed E-state index contributed by atoms with van der Waals surface area (Å²) in [5.41, 5.74) is 0.422. The van der Waals surface area contributed by atoms with E-state index in [1.165, 1.54) is 17.0 Å². The molecule has 0 fully saturated rings. The first-order valence-electron chi connectivity index (χ1n) is 7.32. The van der Waals surface area contributed by atoms with Gasteiger partial charge in [-0.25, -0.2) is 9.18 Å². The molecule has 0 aliphatic rings. The third-order valence-electron chi connectivity index (χ3n) is 3.32. The van der Waals surface area contributed by atoms with E-state index in [1.807, 2.05) is 20.8 Å². The van der Waals surface area contributed by atoms with Crippen LogP contribution in [0.2, 0.25) is 0 Å². The highest BCUT2D eigenvalue weighted by Gasteiger charge is 2.29. The van der Waals surface area contributed by atoms with E-state index in [1.54, 1.807) is 18.2 Å². The summed E-state index contributed by atoms with van der Waals surface area (Å²) in [5.74, 6) is -0.334. The third-order valence-corrected chi connectivity index (χ3v) is 3.32. The Balaban J connectivity index is 2.99. The van der Waals surface area contributed by atoms with E-state index in [0.717, 1.165) is 0 Å². The van der Waals surface area contributed by atoms with Crippen molar-refractivity contribution in [2.75, 3.05) is 19.7 Å². The lowest BCUT2D eigenvalue weighted by molar-refractivity contribution is 0.169. The molecule has 1 aromatic carbocycles. The normalized spacial score (nSPS) is 12.6. The largest absolute Gasteiger partial charge is 0.395 e. The minimum atomic E-state index is -0.346. The fourth-order valence-electron chi connectivity index (χ4n) is 2.25. The summed E-state index contributed by atoms with van der Waals surface area (Å²) < 4.78 is 13.5. The van der Waals surface area contributed by atoms with Crippen LogP contribution in [0.5, 0.6) is 0 Å². The zero-order valence-corrected chi connectivity index (χ0v) is 13.5. The number of carbonyl (C=O) groups excluding carboxylic acids is 1. The number of aliphatic hydroxyl groups is 1. The molecule has 1 unspecified atom stereocenters. The van der Waals surface area contributed by atoms with Gasteiger partial charge in [0.05, 0.1) is 12.6 Å². The van der Waals surface area contributed by atoms with Crippen LogP contribution < -0.4 is 5.32 Å². The summed E-state index contributed by atoms with van der Waals surface area (Å²) in [6.07, 6.45) is 1.60. The molecule has 2 N–H and O–H groups in total. The number of nitrogens with zero attached hydrogens (tertiary/aromatic N) is 1. The predicted octanol–water partition coefficient (Wildman–Crippen LogP) is 3.10. The Labute approximate surface area is 131 Å². The number of aliphatic hydroxyl groups excluding tert-OH is 1. The summed E-state index contributed by atoms with van der Waals surface area (Å²) in [6.45, 7) is 9.98. The van der Waals surface area contributed by atoms with E-state index in [9.17, 15) is 9.18 Å². The summed E-state index contributed by atoms with van der Waals surface area (Å²) in [6, 6.07) is 5.58. The number of halogens is 1. The van der Waals surface area contributed by atoms with Crippen molar-refractivity contribution in [2.45, 2.75) is 26.8 Å². The van der Waals surface area contributed by atoms with Crippen molar-refractivity contribution in [1.82, 2.24) is 10.2 Å². The molecular formula is C17H25FN2O2. The van der Waals surface area contributed by atoms with Gasteiger partial charge in [-0.15, -0.1) is 6.58 Å². The molecule has 0 spiro atoms. The molecule has 4 nitrogen and oxygen atoms in total. The highest BCUT2D eigenvalue weighted by molar-refractivity contribution is 5.75. The number of hydrogen-bond acceptors (Lipinski definition) is 2. The van der Waals surface area contributed by atoms with Gasteiger partial charge < -0.3 is 15.3 Å². The highest BCUT2D eigenvalue weighted by atomic mass is 19.1. The molecule has 0 radical (unpaired) electrons. The molecule has 0 saturated carbocycles. The van der Waals surface area contributed by atoms with Gasteiger partial charge in [-0.1, -0.05) is 39.0 Å². The number of amides is 2. The molecule has 1 aromatic rings. The first-order chi connectivity index (χ1) is 10.3. The van der Waals surface area contributed by atoms with Gasteiger partial charge in [0.1, 0.15) is 5.82 Å². The summed E-state index contributed by atoms with van der Waals surface area (Å²) >= 11 is 0. The van der Waals surface area contributed by atoms with Gasteiger partial charge in [0.25, 0.3) is 0 Å². The zero-order valence-electron chi connectivity index (χ0n) is 13.5. The van der Waals surface area contributed by atoms with Gasteiger partial charge >= 0.3 is 6.03 Å². The molecule has 0 saturated heterocycles. The Morgan fingerprint density at radius 2 is 2.18 bits per heavy atom. The topological polar surface area (TPSA) is 52.6 Å². The fraction of sp³-hybridized carbons (Fsp3) is 0.471. The summed E-state index contributed by atoms with van der Waals surface area (Å²) in [4.78, 5) is 13.9. The van der Waals surface area contributed by atoms with Gasteiger partial charge in [-0.3, -0.25) is 0 Å². The fourth-order valence-corrected chi connectivity index (χ4v) is 2.25. The molecule has 0 bridgehead atoms. The quantitative estimate of drug-likeness (QED) is 0.793. The van der Waals surface area contributed by atoms with Gasteiger partial charge in [0, 0.05) is 13.1 Å². The Hall–Kier alpha value is -1.88. The van der Waals surface area contributed by atoms with E-state index in [-0.39, 0.29) is 36.5 Å². The van der Waals surface area contributed by atoms with E-state index >= 15 is 0 Å². The van der Waals surface area contributed by atoms with Crippen LogP contribution >= 0.6 is 0 Å². The van der Waals surface area contributed by atoms with Crippen molar-refractivity contribution < 1.29 is 14.3 Å². The lowest BCUT2D eigenvalue weighted by Gasteiger charge is -2.34. The zero-order chi connectivity index (χ0) is 16.8. The lowest BCUT2D eigenvalue weighted by atomic mass is 9.82. The van der Waals surface area contributed by atoms with Crippen molar-refractivity contribution in [3.8, 4) is 0 Å². The van der Waals surface area contributed by atoms with Gasteiger partial charge in [0.2, 0.25) is 0 Å². The molecule has 5 heteroatoms. The second-order valence-corrected chi connectivity index (χ2v) is 6.26. The molecular weight excluding hydrogens is 283 g/mol. The molecule has 0 aliphatic carbocycles. The Morgan fingerprint density at radius 1 is 1.50 bits per heavy atom. The average molecular weight is 308 g/mol. The minimum Gasteiger partial charge on any atom is -0.395 e. The van der Waals surface area contributed by atoms with Crippen LogP contribution in [0.4, 0.5) is 9.18 Å². The van der Waals surface area contributed by atoms with Crippen molar-refractivity contribution in [3.05, 3.63) is 48.3 Å². The maximum atomic E-state index is 13.5. The van der Waals surface area contributed by atoms with Gasteiger partial charge in [-0.05, 0) is 23.1 Å². The second kappa shape index (κ2) is 7.94. The van der Waals surface area contributed by atoms with Crippen LogP contribution in [0.3, 0.4) is 0 Å².